The summed E-state index contributed by atoms with van der Waals surface area (Å²) in [5.41, 5.74) is 5.40. The number of rotatable bonds is 4. The number of hydrogen-bond acceptors (Lipinski definition) is 2. The van der Waals surface area contributed by atoms with Gasteiger partial charge in [0.15, 0.2) is 6.61 Å². The smallest absolute Gasteiger partial charge is 0.340 e. The molecule has 2 N–H and O–H groups in total. The fourth-order valence-corrected chi connectivity index (χ4v) is 1.07. The molecule has 0 unspecified atom stereocenters. The molecule has 0 amide bonds. The largest absolute Gasteiger partial charge is 0.485 e. The second-order valence-corrected chi connectivity index (χ2v) is 3.47. The predicted molar refractivity (Wildman–Crippen MR) is 52.3 cm³/mol. The number of hydrogen-bond donors (Lipinski definition) is 1. The van der Waals surface area contributed by atoms with E-state index in [1.165, 1.54) is 18.2 Å². The van der Waals surface area contributed by atoms with Crippen molar-refractivity contribution in [3.05, 3.63) is 23.2 Å². The first kappa shape index (κ1) is 12.9. The number of nitrogen functional groups attached to an aromatic ring is 1. The molecule has 2 nitrogen and oxygen atoms in total. The van der Waals surface area contributed by atoms with Gasteiger partial charge in [-0.05, 0) is 18.2 Å². The molecule has 0 bridgehead atoms. The van der Waals surface area contributed by atoms with Crippen molar-refractivity contribution in [2.75, 3.05) is 12.3 Å². The first-order chi connectivity index (χ1) is 7.33. The maximum Gasteiger partial charge on any atom is 0.340 e. The van der Waals surface area contributed by atoms with Crippen LogP contribution < -0.4 is 10.5 Å². The Balaban J connectivity index is 2.68. The van der Waals surface area contributed by atoms with Crippen molar-refractivity contribution in [1.29, 1.82) is 0 Å². The van der Waals surface area contributed by atoms with Gasteiger partial charge in [-0.3, -0.25) is 0 Å². The maximum absolute atomic E-state index is 12.5. The van der Waals surface area contributed by atoms with Gasteiger partial charge in [0.2, 0.25) is 0 Å². The van der Waals surface area contributed by atoms with E-state index in [0.29, 0.717) is 5.02 Å². The van der Waals surface area contributed by atoms with Crippen LogP contribution >= 0.6 is 11.6 Å². The monoisotopic (exact) mass is 257 g/mol. The summed E-state index contributed by atoms with van der Waals surface area (Å²) in [5, 5.41) is 0.297. The lowest BCUT2D eigenvalue weighted by Gasteiger charge is -2.16. The lowest BCUT2D eigenvalue weighted by Crippen LogP contribution is -2.33. The van der Waals surface area contributed by atoms with Gasteiger partial charge in [-0.2, -0.15) is 8.78 Å². The van der Waals surface area contributed by atoms with Gasteiger partial charge in [0.1, 0.15) is 5.75 Å². The van der Waals surface area contributed by atoms with E-state index in [0.717, 1.165) is 0 Å². The average Bonchev–Trinajstić information content (AvgIpc) is 2.16. The van der Waals surface area contributed by atoms with E-state index < -0.39 is 19.0 Å². The molecule has 1 aromatic rings. The van der Waals surface area contributed by atoms with E-state index >= 15 is 0 Å². The third-order valence-corrected chi connectivity index (χ3v) is 1.95. The number of nitrogens with two attached hydrogens (primary N) is 1. The van der Waals surface area contributed by atoms with Crippen molar-refractivity contribution >= 4 is 17.3 Å². The van der Waals surface area contributed by atoms with Gasteiger partial charge in [-0.25, -0.2) is 8.78 Å². The van der Waals surface area contributed by atoms with Crippen molar-refractivity contribution in [3.8, 4) is 5.75 Å². The highest BCUT2D eigenvalue weighted by atomic mass is 35.5. The number of benzene rings is 1. The molecule has 0 aliphatic rings. The third-order valence-electron chi connectivity index (χ3n) is 1.71. The Labute approximate surface area is 93.9 Å². The fourth-order valence-electron chi connectivity index (χ4n) is 0.888. The molecule has 0 aliphatic heterocycles. The first-order valence-corrected chi connectivity index (χ1v) is 4.54. The van der Waals surface area contributed by atoms with E-state index in [2.05, 4.69) is 4.74 Å². The Kier molecular flexibility index (Phi) is 3.85. The molecule has 1 rings (SSSR count). The molecule has 16 heavy (non-hydrogen) atoms. The summed E-state index contributed by atoms with van der Waals surface area (Å²) in [5.74, 6) is -4.31. The molecule has 90 valence electrons. The second kappa shape index (κ2) is 4.78. The summed E-state index contributed by atoms with van der Waals surface area (Å²) in [4.78, 5) is 0. The molecule has 0 saturated heterocycles. The van der Waals surface area contributed by atoms with Gasteiger partial charge in [0.05, 0.1) is 5.69 Å². The minimum Gasteiger partial charge on any atom is -0.485 e. The lowest BCUT2D eigenvalue weighted by molar-refractivity contribution is -0.148. The van der Waals surface area contributed by atoms with Crippen LogP contribution in [0.3, 0.4) is 0 Å². The van der Waals surface area contributed by atoms with Crippen LogP contribution in [0.4, 0.5) is 23.2 Å². The van der Waals surface area contributed by atoms with Crippen LogP contribution in [0.25, 0.3) is 0 Å². The number of anilines is 1. The highest BCUT2D eigenvalue weighted by molar-refractivity contribution is 6.30. The predicted octanol–water partition coefficient (Wildman–Crippen LogP) is 3.20. The molecular formula is C9H8ClF4NO. The molecule has 0 aliphatic carbocycles. The molecule has 0 spiro atoms. The topological polar surface area (TPSA) is 35.2 Å². The highest BCUT2D eigenvalue weighted by Crippen LogP contribution is 2.28. The van der Waals surface area contributed by atoms with Gasteiger partial charge in [0, 0.05) is 5.02 Å². The van der Waals surface area contributed by atoms with Crippen LogP contribution in [-0.4, -0.2) is 19.0 Å². The highest BCUT2D eigenvalue weighted by Gasteiger charge is 2.41. The zero-order valence-corrected chi connectivity index (χ0v) is 8.65. The molecule has 0 radical (unpaired) electrons. The first-order valence-electron chi connectivity index (χ1n) is 4.17. The van der Waals surface area contributed by atoms with Crippen LogP contribution in [0.1, 0.15) is 0 Å². The van der Waals surface area contributed by atoms with Crippen LogP contribution in [0.5, 0.6) is 5.75 Å². The van der Waals surface area contributed by atoms with E-state index in [1.807, 2.05) is 0 Å². The zero-order valence-electron chi connectivity index (χ0n) is 7.89. The second-order valence-electron chi connectivity index (χ2n) is 3.03. The van der Waals surface area contributed by atoms with Crippen molar-refractivity contribution in [2.24, 2.45) is 0 Å². The van der Waals surface area contributed by atoms with Gasteiger partial charge in [-0.15, -0.1) is 0 Å². The standard InChI is InChI=1S/C9H8ClF4NO/c10-5-1-2-7(6(15)3-5)16-4-9(13,14)8(11)12/h1-3,8H,4,15H2. The normalized spacial score (nSPS) is 11.9. The summed E-state index contributed by atoms with van der Waals surface area (Å²) in [7, 11) is 0. The van der Waals surface area contributed by atoms with Gasteiger partial charge in [0.25, 0.3) is 0 Å². The Hall–Kier alpha value is -1.17. The van der Waals surface area contributed by atoms with Crippen molar-refractivity contribution < 1.29 is 22.3 Å². The van der Waals surface area contributed by atoms with Crippen LogP contribution in [0, 0.1) is 0 Å². The van der Waals surface area contributed by atoms with Crippen molar-refractivity contribution in [1.82, 2.24) is 0 Å². The summed E-state index contributed by atoms with van der Waals surface area (Å²) in [6, 6.07) is 3.87. The number of alkyl halides is 4. The maximum atomic E-state index is 12.5. The van der Waals surface area contributed by atoms with E-state index in [4.69, 9.17) is 17.3 Å². The van der Waals surface area contributed by atoms with Crippen molar-refractivity contribution in [3.63, 3.8) is 0 Å². The zero-order chi connectivity index (χ0) is 12.3. The van der Waals surface area contributed by atoms with Crippen LogP contribution in [0.2, 0.25) is 5.02 Å². The quantitative estimate of drug-likeness (QED) is 0.664. The van der Waals surface area contributed by atoms with E-state index in [1.54, 1.807) is 0 Å². The van der Waals surface area contributed by atoms with Crippen LogP contribution in [0.15, 0.2) is 18.2 Å². The minimum atomic E-state index is -4.20. The average molecular weight is 258 g/mol. The molecule has 7 heteroatoms. The lowest BCUT2D eigenvalue weighted by atomic mass is 10.3. The SMILES string of the molecule is Nc1cc(Cl)ccc1OCC(F)(F)C(F)F. The van der Waals surface area contributed by atoms with Gasteiger partial charge < -0.3 is 10.5 Å². The molecule has 0 fully saturated rings. The number of halogens is 5. The molecule has 0 aromatic heterocycles. The fraction of sp³-hybridized carbons (Fsp3) is 0.333. The van der Waals surface area contributed by atoms with Gasteiger partial charge in [-0.1, -0.05) is 11.6 Å². The Morgan fingerprint density at radius 1 is 1.38 bits per heavy atom. The Bertz CT molecular complexity index is 373. The van der Waals surface area contributed by atoms with E-state index in [9.17, 15) is 17.6 Å². The number of ether oxygens (including phenoxy) is 1. The summed E-state index contributed by atoms with van der Waals surface area (Å²) >= 11 is 5.55. The Morgan fingerprint density at radius 3 is 2.50 bits per heavy atom. The molecular weight excluding hydrogens is 250 g/mol. The third kappa shape index (κ3) is 3.16. The van der Waals surface area contributed by atoms with Crippen molar-refractivity contribution in [2.45, 2.75) is 12.3 Å². The summed E-state index contributed by atoms with van der Waals surface area (Å²) in [6.45, 7) is -1.43. The molecule has 1 aromatic carbocycles. The Morgan fingerprint density at radius 2 is 2.00 bits per heavy atom. The van der Waals surface area contributed by atoms with E-state index in [-0.39, 0.29) is 11.4 Å². The van der Waals surface area contributed by atoms with Crippen LogP contribution in [-0.2, 0) is 0 Å². The molecule has 0 atom stereocenters. The molecule has 0 saturated carbocycles. The summed E-state index contributed by atoms with van der Waals surface area (Å²) < 4.78 is 53.1. The van der Waals surface area contributed by atoms with Gasteiger partial charge >= 0.3 is 12.3 Å². The molecule has 0 heterocycles. The summed E-state index contributed by atoms with van der Waals surface area (Å²) in [6.07, 6.45) is -3.78. The minimum absolute atomic E-state index is 0.0116.